The summed E-state index contributed by atoms with van der Waals surface area (Å²) in [6.07, 6.45) is 3.31. The number of nitrogens with one attached hydrogen (secondary N) is 1. The third kappa shape index (κ3) is 7.42. The van der Waals surface area contributed by atoms with Crippen LogP contribution in [0.2, 0.25) is 0 Å². The van der Waals surface area contributed by atoms with Gasteiger partial charge in [0.05, 0.1) is 31.9 Å². The molecule has 2 heterocycles. The summed E-state index contributed by atoms with van der Waals surface area (Å²) in [6, 6.07) is 7.23. The number of benzene rings is 1. The number of aliphatic carboxylic acids is 1. The zero-order chi connectivity index (χ0) is 30.4. The van der Waals surface area contributed by atoms with Crippen molar-refractivity contribution in [3.8, 4) is 11.5 Å². The second-order valence-electron chi connectivity index (χ2n) is 10.5. The van der Waals surface area contributed by atoms with E-state index in [-0.39, 0.29) is 5.41 Å². The van der Waals surface area contributed by atoms with Crippen molar-refractivity contribution < 1.29 is 32.5 Å². The van der Waals surface area contributed by atoms with Crippen molar-refractivity contribution in [3.63, 3.8) is 0 Å². The van der Waals surface area contributed by atoms with Gasteiger partial charge in [0.1, 0.15) is 0 Å². The number of hydrogen-bond acceptors (Lipinski definition) is 6. The summed E-state index contributed by atoms with van der Waals surface area (Å²) in [4.78, 5) is 21.6. The Kier molecular flexibility index (Phi) is 10.9. The molecule has 9 nitrogen and oxygen atoms in total. The van der Waals surface area contributed by atoms with Gasteiger partial charge in [0.15, 0.2) is 16.6 Å². The third-order valence-electron chi connectivity index (χ3n) is 8.32. The Hall–Kier alpha value is -3.06. The second kappa shape index (κ2) is 13.7. The second-order valence-corrected chi connectivity index (χ2v) is 11.0. The van der Waals surface area contributed by atoms with Gasteiger partial charge in [-0.25, -0.2) is 9.78 Å². The molecule has 0 bridgehead atoms. The zero-order valence-electron chi connectivity index (χ0n) is 24.0. The topological polar surface area (TPSA) is 117 Å². The summed E-state index contributed by atoms with van der Waals surface area (Å²) in [6.45, 7) is 7.15. The number of aromatic amines is 1. The fourth-order valence-corrected chi connectivity index (χ4v) is 6.37. The van der Waals surface area contributed by atoms with E-state index in [0.29, 0.717) is 17.2 Å². The summed E-state index contributed by atoms with van der Waals surface area (Å²) >= 11 is 5.50. The van der Waals surface area contributed by atoms with Crippen molar-refractivity contribution in [2.75, 3.05) is 27.3 Å². The Morgan fingerprint density at radius 3 is 2.51 bits per heavy atom. The number of hydrogen-bond donors (Lipinski definition) is 3. The third-order valence-corrected chi connectivity index (χ3v) is 8.55. The monoisotopic (exact) mass is 599 g/mol. The molecule has 4 rings (SSSR count). The van der Waals surface area contributed by atoms with Gasteiger partial charge in [-0.2, -0.15) is 13.2 Å². The molecule has 1 saturated heterocycles. The highest BCUT2D eigenvalue weighted by atomic mass is 32.1. The number of ether oxygens (including phenoxy) is 2. The molecule has 228 valence electrons. The molecule has 1 aromatic heterocycles. The molecule has 1 aliphatic heterocycles. The average Bonchev–Trinajstić information content (AvgIpc) is 3.51. The number of fused-ring (bicyclic) bond motifs is 1. The van der Waals surface area contributed by atoms with Crippen LogP contribution in [0.15, 0.2) is 24.5 Å². The van der Waals surface area contributed by atoms with Crippen molar-refractivity contribution in [2.24, 2.45) is 5.73 Å². The minimum absolute atomic E-state index is 0.0661. The maximum Gasteiger partial charge on any atom is 0.490 e. The first kappa shape index (κ1) is 32.5. The smallest absolute Gasteiger partial charge is 0.490 e. The fourth-order valence-electron chi connectivity index (χ4n) is 6.13. The number of thiocarbonyl (C=S) groups is 1. The van der Waals surface area contributed by atoms with E-state index in [0.717, 1.165) is 75.4 Å². The molecule has 2 aliphatic rings. The van der Waals surface area contributed by atoms with Gasteiger partial charge < -0.3 is 30.2 Å². The molecule has 2 fully saturated rings. The number of aryl methyl sites for hydroxylation is 1. The minimum Gasteiger partial charge on any atom is -0.493 e. The van der Waals surface area contributed by atoms with Crippen LogP contribution in [0.3, 0.4) is 0 Å². The van der Waals surface area contributed by atoms with Crippen LogP contribution < -0.4 is 15.2 Å². The summed E-state index contributed by atoms with van der Waals surface area (Å²) in [7, 11) is 3.40. The lowest BCUT2D eigenvalue weighted by Gasteiger charge is -2.48. The van der Waals surface area contributed by atoms with Crippen LogP contribution in [-0.2, 0) is 16.8 Å². The molecule has 1 saturated carbocycles. The molecule has 0 unspecified atom stereocenters. The number of rotatable bonds is 9. The number of nitrogens with two attached hydrogens (primary N) is 1. The summed E-state index contributed by atoms with van der Waals surface area (Å²) < 4.78 is 42.9. The molecule has 0 spiro atoms. The summed E-state index contributed by atoms with van der Waals surface area (Å²) in [5.41, 5.74) is 9.90. The number of nitrogens with zero attached hydrogens (tertiary/aromatic N) is 3. The fraction of sp³-hybridized carbons (Fsp3) is 0.607. The first-order chi connectivity index (χ1) is 19.4. The SMILES string of the molecule is CCCCN(C(N)=S)[C@@H]1CC[C@@]2(c3ccc(OC)c(OC)c3)CCN(Cc3[nH]cnc3C)[C@H]2C1.O=C(O)C(F)(F)F. The highest BCUT2D eigenvalue weighted by Gasteiger charge is 2.52. The maximum atomic E-state index is 10.6. The van der Waals surface area contributed by atoms with Crippen LogP contribution in [-0.4, -0.2) is 81.5 Å². The number of aromatic nitrogens is 2. The first-order valence-corrected chi connectivity index (χ1v) is 14.1. The van der Waals surface area contributed by atoms with E-state index in [1.54, 1.807) is 20.5 Å². The Labute approximate surface area is 244 Å². The van der Waals surface area contributed by atoms with Gasteiger partial charge in [-0.3, -0.25) is 4.90 Å². The molecule has 41 heavy (non-hydrogen) atoms. The van der Waals surface area contributed by atoms with E-state index in [4.69, 9.17) is 37.3 Å². The van der Waals surface area contributed by atoms with Crippen LogP contribution >= 0.6 is 12.2 Å². The number of methoxy groups -OCH3 is 2. The molecular weight excluding hydrogens is 559 g/mol. The van der Waals surface area contributed by atoms with E-state index >= 15 is 0 Å². The average molecular weight is 600 g/mol. The van der Waals surface area contributed by atoms with Gasteiger partial charge in [0, 0.05) is 30.6 Å². The maximum absolute atomic E-state index is 10.6. The summed E-state index contributed by atoms with van der Waals surface area (Å²) in [5.74, 6) is -1.19. The van der Waals surface area contributed by atoms with Crippen LogP contribution in [0.4, 0.5) is 13.2 Å². The Morgan fingerprint density at radius 1 is 1.29 bits per heavy atom. The predicted molar refractivity (Wildman–Crippen MR) is 153 cm³/mol. The number of likely N-dealkylation sites (tertiary alicyclic amines) is 1. The standard InChI is InChI=1S/C26H39N5O2S.C2HF3O2/c1-5-6-12-31(25(27)34)20-9-10-26(19-7-8-22(32-3)23(14-19)33-4)11-13-30(24(26)15-20)16-21-18(2)28-17-29-21;3-2(4,5)1(6)7/h7-8,14,17,20,24H,5-6,9-13,15-16H2,1-4H3,(H2,27,34)(H,28,29);(H,6,7)/t20-,24+,26+;/m1./s1. The van der Waals surface area contributed by atoms with Crippen LogP contribution in [0.25, 0.3) is 0 Å². The Morgan fingerprint density at radius 2 is 1.98 bits per heavy atom. The van der Waals surface area contributed by atoms with E-state index in [2.05, 4.69) is 51.8 Å². The van der Waals surface area contributed by atoms with Gasteiger partial charge in [0.2, 0.25) is 0 Å². The number of halogens is 3. The molecule has 0 amide bonds. The molecular formula is C28H40F3N5O4S. The van der Waals surface area contributed by atoms with Crippen molar-refractivity contribution in [1.82, 2.24) is 19.8 Å². The van der Waals surface area contributed by atoms with Gasteiger partial charge >= 0.3 is 12.1 Å². The number of unbranched alkanes of at least 4 members (excludes halogenated alkanes) is 1. The first-order valence-electron chi connectivity index (χ1n) is 13.7. The largest absolute Gasteiger partial charge is 0.493 e. The van der Waals surface area contributed by atoms with Gasteiger partial charge in [0.25, 0.3) is 0 Å². The Bertz CT molecular complexity index is 1190. The number of alkyl halides is 3. The van der Waals surface area contributed by atoms with Crippen molar-refractivity contribution in [2.45, 2.75) is 82.6 Å². The van der Waals surface area contributed by atoms with Crippen LogP contribution in [0, 0.1) is 6.92 Å². The molecule has 1 aromatic carbocycles. The summed E-state index contributed by atoms with van der Waals surface area (Å²) in [5, 5.41) is 7.66. The molecule has 4 N–H and O–H groups in total. The lowest BCUT2D eigenvalue weighted by molar-refractivity contribution is -0.192. The number of carboxylic acid groups (broad SMARTS) is 1. The van der Waals surface area contributed by atoms with E-state index < -0.39 is 12.1 Å². The molecule has 3 atom stereocenters. The van der Waals surface area contributed by atoms with Crippen LogP contribution in [0.5, 0.6) is 11.5 Å². The number of H-pyrrole nitrogens is 1. The normalized spacial score (nSPS) is 22.3. The van der Waals surface area contributed by atoms with Gasteiger partial charge in [-0.05, 0) is 75.5 Å². The number of imidazole rings is 1. The molecule has 1 aliphatic carbocycles. The lowest BCUT2D eigenvalue weighted by Crippen LogP contribution is -2.54. The zero-order valence-corrected chi connectivity index (χ0v) is 24.8. The van der Waals surface area contributed by atoms with E-state index in [1.165, 1.54) is 11.3 Å². The molecule has 13 heteroatoms. The molecule has 0 radical (unpaired) electrons. The molecule has 2 aromatic rings. The number of carbonyl (C=O) groups is 1. The van der Waals surface area contributed by atoms with Gasteiger partial charge in [-0.15, -0.1) is 0 Å². The minimum atomic E-state index is -5.08. The van der Waals surface area contributed by atoms with Gasteiger partial charge in [-0.1, -0.05) is 19.4 Å². The highest BCUT2D eigenvalue weighted by Crippen LogP contribution is 2.51. The van der Waals surface area contributed by atoms with Crippen molar-refractivity contribution >= 4 is 23.3 Å². The quantitative estimate of drug-likeness (QED) is 0.350. The lowest BCUT2D eigenvalue weighted by atomic mass is 9.64. The van der Waals surface area contributed by atoms with Crippen molar-refractivity contribution in [3.05, 3.63) is 41.5 Å². The van der Waals surface area contributed by atoms with Crippen molar-refractivity contribution in [1.29, 1.82) is 0 Å². The predicted octanol–water partition coefficient (Wildman–Crippen LogP) is 4.78. The highest BCUT2D eigenvalue weighted by molar-refractivity contribution is 7.80. The van der Waals surface area contributed by atoms with E-state index in [9.17, 15) is 13.2 Å². The number of carboxylic acids is 1. The van der Waals surface area contributed by atoms with Crippen LogP contribution in [0.1, 0.15) is 62.4 Å². The Balaban J connectivity index is 0.000000587. The van der Waals surface area contributed by atoms with E-state index in [1.807, 2.05) is 0 Å².